The number of aromatic nitrogens is 1. The Morgan fingerprint density at radius 2 is 1.48 bits per heavy atom. The minimum absolute atomic E-state index is 0.138. The lowest BCUT2D eigenvalue weighted by atomic mass is 9.87. The third-order valence-corrected chi connectivity index (χ3v) is 8.13. The predicted molar refractivity (Wildman–Crippen MR) is 160 cm³/mol. The number of aryl methyl sites for hydroxylation is 1. The van der Waals surface area contributed by atoms with Crippen LogP contribution in [0.3, 0.4) is 0 Å². The van der Waals surface area contributed by atoms with Crippen LogP contribution >= 0.6 is 0 Å². The molecule has 1 aromatic heterocycles. The quantitative estimate of drug-likeness (QED) is 0.226. The van der Waals surface area contributed by atoms with Gasteiger partial charge in [-0.2, -0.15) is 0 Å². The second-order valence-corrected chi connectivity index (χ2v) is 10.7. The van der Waals surface area contributed by atoms with Gasteiger partial charge >= 0.3 is 0 Å². The summed E-state index contributed by atoms with van der Waals surface area (Å²) < 4.78 is 16.2. The van der Waals surface area contributed by atoms with Gasteiger partial charge in [0.1, 0.15) is 5.82 Å². The van der Waals surface area contributed by atoms with Crippen LogP contribution < -0.4 is 4.90 Å². The van der Waals surface area contributed by atoms with E-state index in [1.54, 1.807) is 0 Å². The van der Waals surface area contributed by atoms with Crippen LogP contribution in [0.1, 0.15) is 34.6 Å². The van der Waals surface area contributed by atoms with Gasteiger partial charge in [-0.05, 0) is 53.4 Å². The van der Waals surface area contributed by atoms with Crippen LogP contribution in [0, 0.1) is 12.7 Å². The Morgan fingerprint density at radius 3 is 2.23 bits per heavy atom. The van der Waals surface area contributed by atoms with E-state index in [0.717, 1.165) is 41.7 Å². The van der Waals surface area contributed by atoms with Gasteiger partial charge in [-0.15, -0.1) is 0 Å². The molecular formula is C35H34FN3O. The van der Waals surface area contributed by atoms with Crippen molar-refractivity contribution in [1.82, 2.24) is 9.47 Å². The summed E-state index contributed by atoms with van der Waals surface area (Å²) in [6, 6.07) is 33.8. The standard InChI is InChI=1S/C35H34FN3O/c1-26-9-5-7-13-33(26)37-19-21-38(22-20-37)35(40)23-31(28-15-17-29(36)18-16-28)32-25-39(24-27-10-3-2-4-11-27)34-14-8-6-12-30(32)34/h2-18,25,31H,19-24H2,1H3/t31-/m0/s1. The Bertz CT molecular complexity index is 1600. The zero-order valence-corrected chi connectivity index (χ0v) is 22.8. The van der Waals surface area contributed by atoms with Crippen molar-refractivity contribution in [3.8, 4) is 0 Å². The van der Waals surface area contributed by atoms with E-state index in [1.165, 1.54) is 28.9 Å². The van der Waals surface area contributed by atoms with Crippen molar-refractivity contribution in [2.24, 2.45) is 0 Å². The third kappa shape index (κ3) is 5.37. The second-order valence-electron chi connectivity index (χ2n) is 10.7. The van der Waals surface area contributed by atoms with Gasteiger partial charge in [-0.25, -0.2) is 4.39 Å². The molecule has 4 nitrogen and oxygen atoms in total. The predicted octanol–water partition coefficient (Wildman–Crippen LogP) is 7.01. The van der Waals surface area contributed by atoms with Gasteiger partial charge in [0.25, 0.3) is 0 Å². The molecule has 0 N–H and O–H groups in total. The van der Waals surface area contributed by atoms with Gasteiger partial charge in [-0.1, -0.05) is 78.9 Å². The average Bonchev–Trinajstić information content (AvgIpc) is 3.35. The maximum absolute atomic E-state index is 13.9. The second kappa shape index (κ2) is 11.4. The summed E-state index contributed by atoms with van der Waals surface area (Å²) in [5.41, 5.74) is 6.90. The number of halogens is 1. The van der Waals surface area contributed by atoms with Crippen molar-refractivity contribution in [3.05, 3.63) is 137 Å². The molecule has 6 rings (SSSR count). The average molecular weight is 532 g/mol. The van der Waals surface area contributed by atoms with Gasteiger partial charge in [0.15, 0.2) is 0 Å². The number of fused-ring (bicyclic) bond motifs is 1. The van der Waals surface area contributed by atoms with Crippen molar-refractivity contribution in [2.45, 2.75) is 25.8 Å². The largest absolute Gasteiger partial charge is 0.368 e. The van der Waals surface area contributed by atoms with Crippen molar-refractivity contribution < 1.29 is 9.18 Å². The number of carbonyl (C=O) groups excluding carboxylic acids is 1. The van der Waals surface area contributed by atoms with Gasteiger partial charge < -0.3 is 14.4 Å². The van der Waals surface area contributed by atoms with E-state index in [-0.39, 0.29) is 17.6 Å². The molecule has 0 unspecified atom stereocenters. The molecule has 1 atom stereocenters. The molecule has 1 aliphatic heterocycles. The number of piperazine rings is 1. The highest BCUT2D eigenvalue weighted by atomic mass is 19.1. The van der Waals surface area contributed by atoms with Gasteiger partial charge in [0.05, 0.1) is 0 Å². The van der Waals surface area contributed by atoms with Gasteiger partial charge in [0.2, 0.25) is 5.91 Å². The molecule has 2 heterocycles. The SMILES string of the molecule is Cc1ccccc1N1CCN(C(=O)C[C@@H](c2ccc(F)cc2)c2cn(Cc3ccccc3)c3ccccc23)CC1. The lowest BCUT2D eigenvalue weighted by molar-refractivity contribution is -0.131. The molecule has 202 valence electrons. The fourth-order valence-corrected chi connectivity index (χ4v) is 5.98. The topological polar surface area (TPSA) is 28.5 Å². The summed E-state index contributed by atoms with van der Waals surface area (Å²) in [6.07, 6.45) is 2.53. The molecule has 0 aliphatic carbocycles. The van der Waals surface area contributed by atoms with E-state index in [1.807, 2.05) is 29.2 Å². The van der Waals surface area contributed by atoms with Crippen molar-refractivity contribution in [3.63, 3.8) is 0 Å². The first-order chi connectivity index (χ1) is 19.6. The fourth-order valence-electron chi connectivity index (χ4n) is 5.98. The van der Waals surface area contributed by atoms with E-state index in [4.69, 9.17) is 0 Å². The van der Waals surface area contributed by atoms with Crippen molar-refractivity contribution in [2.75, 3.05) is 31.1 Å². The molecule has 1 saturated heterocycles. The molecule has 5 aromatic rings. The summed E-state index contributed by atoms with van der Waals surface area (Å²) in [4.78, 5) is 18.2. The summed E-state index contributed by atoms with van der Waals surface area (Å²) in [5, 5.41) is 1.13. The number of anilines is 1. The molecule has 40 heavy (non-hydrogen) atoms. The van der Waals surface area contributed by atoms with Gasteiger partial charge in [0, 0.05) is 67.8 Å². The molecule has 1 aliphatic rings. The van der Waals surface area contributed by atoms with E-state index in [2.05, 4.69) is 89.3 Å². The first-order valence-corrected chi connectivity index (χ1v) is 14.0. The molecule has 1 fully saturated rings. The lowest BCUT2D eigenvalue weighted by Gasteiger charge is -2.37. The molecule has 0 saturated carbocycles. The number of hydrogen-bond acceptors (Lipinski definition) is 2. The van der Waals surface area contributed by atoms with Crippen LogP contribution in [-0.2, 0) is 11.3 Å². The first-order valence-electron chi connectivity index (χ1n) is 14.0. The molecule has 5 heteroatoms. The minimum Gasteiger partial charge on any atom is -0.368 e. The molecule has 1 amide bonds. The van der Waals surface area contributed by atoms with Crippen molar-refractivity contribution in [1.29, 1.82) is 0 Å². The van der Waals surface area contributed by atoms with Crippen LogP contribution in [0.2, 0.25) is 0 Å². The Hall–Kier alpha value is -4.38. The Labute approximate surface area is 235 Å². The molecular weight excluding hydrogens is 497 g/mol. The third-order valence-electron chi connectivity index (χ3n) is 8.13. The Kier molecular flexibility index (Phi) is 7.37. The maximum atomic E-state index is 13.9. The van der Waals surface area contributed by atoms with E-state index >= 15 is 0 Å². The normalized spacial score (nSPS) is 14.4. The van der Waals surface area contributed by atoms with Crippen LogP contribution in [0.25, 0.3) is 10.9 Å². The molecule has 4 aromatic carbocycles. The zero-order chi connectivity index (χ0) is 27.5. The summed E-state index contributed by atoms with van der Waals surface area (Å²) in [7, 11) is 0. The summed E-state index contributed by atoms with van der Waals surface area (Å²) >= 11 is 0. The number of amides is 1. The van der Waals surface area contributed by atoms with Gasteiger partial charge in [-0.3, -0.25) is 4.79 Å². The van der Waals surface area contributed by atoms with E-state index in [0.29, 0.717) is 19.5 Å². The maximum Gasteiger partial charge on any atom is 0.223 e. The highest BCUT2D eigenvalue weighted by molar-refractivity contribution is 5.87. The van der Waals surface area contributed by atoms with E-state index < -0.39 is 0 Å². The Balaban J connectivity index is 1.28. The monoisotopic (exact) mass is 531 g/mol. The van der Waals surface area contributed by atoms with Crippen LogP contribution in [-0.4, -0.2) is 41.6 Å². The lowest BCUT2D eigenvalue weighted by Crippen LogP contribution is -2.49. The highest BCUT2D eigenvalue weighted by Crippen LogP contribution is 2.36. The van der Waals surface area contributed by atoms with Crippen LogP contribution in [0.5, 0.6) is 0 Å². The molecule has 0 radical (unpaired) electrons. The molecule has 0 bridgehead atoms. The minimum atomic E-state index is -0.271. The summed E-state index contributed by atoms with van der Waals surface area (Å²) in [6.45, 7) is 5.89. The van der Waals surface area contributed by atoms with E-state index in [9.17, 15) is 9.18 Å². The van der Waals surface area contributed by atoms with Crippen LogP contribution in [0.4, 0.5) is 10.1 Å². The van der Waals surface area contributed by atoms with Crippen LogP contribution in [0.15, 0.2) is 109 Å². The number of benzene rings is 4. The molecule has 0 spiro atoms. The number of para-hydroxylation sites is 2. The number of nitrogens with zero attached hydrogens (tertiary/aromatic N) is 3. The smallest absolute Gasteiger partial charge is 0.223 e. The first kappa shape index (κ1) is 25.9. The van der Waals surface area contributed by atoms with Crippen molar-refractivity contribution >= 4 is 22.5 Å². The number of hydrogen-bond donors (Lipinski definition) is 0. The number of carbonyl (C=O) groups is 1. The zero-order valence-electron chi connectivity index (χ0n) is 22.8. The fraction of sp³-hybridized carbons (Fsp3) is 0.229. The highest BCUT2D eigenvalue weighted by Gasteiger charge is 2.28. The number of rotatable bonds is 7. The Morgan fingerprint density at radius 1 is 0.800 bits per heavy atom. The summed E-state index contributed by atoms with van der Waals surface area (Å²) in [5.74, 6) is -0.310.